The summed E-state index contributed by atoms with van der Waals surface area (Å²) >= 11 is 2.93. The lowest BCUT2D eigenvalue weighted by molar-refractivity contribution is 0.601. The van der Waals surface area contributed by atoms with Crippen molar-refractivity contribution in [1.82, 2.24) is 24.7 Å². The summed E-state index contributed by atoms with van der Waals surface area (Å²) < 4.78 is 26.1. The summed E-state index contributed by atoms with van der Waals surface area (Å²) in [5.41, 5.74) is 2.28. The molecule has 0 spiro atoms. The number of anilines is 2. The fourth-order valence-corrected chi connectivity index (χ4v) is 5.21. The van der Waals surface area contributed by atoms with Gasteiger partial charge in [0, 0.05) is 18.6 Å². The molecule has 0 aliphatic carbocycles. The van der Waals surface area contributed by atoms with Crippen molar-refractivity contribution in [3.05, 3.63) is 47.6 Å². The van der Waals surface area contributed by atoms with Crippen molar-refractivity contribution in [3.8, 4) is 16.1 Å². The van der Waals surface area contributed by atoms with E-state index in [1.807, 2.05) is 19.9 Å². The molecule has 1 aromatic carbocycles. The highest BCUT2D eigenvalue weighted by atomic mass is 32.2. The molecule has 4 rings (SSSR count). The van der Waals surface area contributed by atoms with Gasteiger partial charge in [0.1, 0.15) is 5.01 Å². The van der Waals surface area contributed by atoms with Crippen LogP contribution in [0.1, 0.15) is 10.7 Å². The number of hydrogen-bond donors (Lipinski definition) is 1. The Morgan fingerprint density at radius 3 is 2.57 bits per heavy atom. The van der Waals surface area contributed by atoms with Crippen molar-refractivity contribution < 1.29 is 8.42 Å². The zero-order valence-electron chi connectivity index (χ0n) is 15.2. The van der Waals surface area contributed by atoms with Gasteiger partial charge in [0.15, 0.2) is 15.0 Å². The third-order valence-electron chi connectivity index (χ3n) is 3.94. The molecule has 0 amide bonds. The van der Waals surface area contributed by atoms with E-state index in [2.05, 4.69) is 25.5 Å². The molecule has 0 aliphatic rings. The smallest absolute Gasteiger partial charge is 0.211 e. The first kappa shape index (κ1) is 18.7. The number of nitrogens with one attached hydrogen (secondary N) is 1. The van der Waals surface area contributed by atoms with E-state index in [-0.39, 0.29) is 4.90 Å². The molecule has 1 N–H and O–H groups in total. The Labute approximate surface area is 169 Å². The van der Waals surface area contributed by atoms with Crippen LogP contribution in [0.5, 0.6) is 0 Å². The molecule has 0 bridgehead atoms. The predicted octanol–water partition coefficient (Wildman–Crippen LogP) is 3.61. The summed E-state index contributed by atoms with van der Waals surface area (Å²) in [5.74, 6) is 0. The first-order chi connectivity index (χ1) is 13.3. The number of aryl methyl sites for hydroxylation is 2. The molecule has 0 fully saturated rings. The van der Waals surface area contributed by atoms with Gasteiger partial charge in [-0.2, -0.15) is 0 Å². The predicted molar refractivity (Wildman–Crippen MR) is 110 cm³/mol. The lowest BCUT2D eigenvalue weighted by atomic mass is 10.1. The number of benzene rings is 1. The van der Waals surface area contributed by atoms with Crippen molar-refractivity contribution >= 4 is 42.8 Å². The fourth-order valence-electron chi connectivity index (χ4n) is 2.73. The van der Waals surface area contributed by atoms with E-state index in [4.69, 9.17) is 0 Å². The molecular formula is C17H16N6O2S3. The van der Waals surface area contributed by atoms with Crippen LogP contribution in [0.3, 0.4) is 0 Å². The number of nitrogens with zero attached hydrogens (tertiary/aromatic N) is 5. The van der Waals surface area contributed by atoms with Gasteiger partial charge in [0.05, 0.1) is 27.5 Å². The van der Waals surface area contributed by atoms with Gasteiger partial charge in [-0.1, -0.05) is 28.7 Å². The monoisotopic (exact) mass is 432 g/mol. The molecular weight excluding hydrogens is 416 g/mol. The number of thiazole rings is 1. The minimum absolute atomic E-state index is 0.249. The van der Waals surface area contributed by atoms with Crippen LogP contribution in [0.25, 0.3) is 16.1 Å². The van der Waals surface area contributed by atoms with E-state index < -0.39 is 9.84 Å². The maximum Gasteiger partial charge on any atom is 0.211 e. The Morgan fingerprint density at radius 2 is 1.93 bits per heavy atom. The van der Waals surface area contributed by atoms with Gasteiger partial charge >= 0.3 is 0 Å². The van der Waals surface area contributed by atoms with Crippen molar-refractivity contribution in [3.63, 3.8) is 0 Å². The Morgan fingerprint density at radius 1 is 1.11 bits per heavy atom. The first-order valence-electron chi connectivity index (χ1n) is 8.18. The average Bonchev–Trinajstić information content (AvgIpc) is 3.36. The van der Waals surface area contributed by atoms with E-state index in [9.17, 15) is 8.42 Å². The summed E-state index contributed by atoms with van der Waals surface area (Å²) in [4.78, 5) is 9.79. The summed E-state index contributed by atoms with van der Waals surface area (Å²) in [7, 11) is -3.39. The lowest BCUT2D eigenvalue weighted by Crippen LogP contribution is -2.04. The minimum atomic E-state index is -3.39. The SMILES string of the molecule is Cc1nnc(Nc2nc(C)c(-c3ccc(S(C)(=O)=O)c(-n4ccnc4)c3)s2)s1. The number of imidazole rings is 1. The third-order valence-corrected chi connectivity index (χ3v) is 6.96. The molecule has 3 heterocycles. The quantitative estimate of drug-likeness (QED) is 0.514. The molecule has 0 atom stereocenters. The van der Waals surface area contributed by atoms with E-state index in [1.165, 1.54) is 28.9 Å². The van der Waals surface area contributed by atoms with Gasteiger partial charge in [-0.15, -0.1) is 10.2 Å². The van der Waals surface area contributed by atoms with Crippen LogP contribution in [0.15, 0.2) is 41.8 Å². The van der Waals surface area contributed by atoms with Gasteiger partial charge in [0.25, 0.3) is 0 Å². The first-order valence-corrected chi connectivity index (χ1v) is 11.7. The molecule has 4 aromatic rings. The Hall–Kier alpha value is -2.63. The van der Waals surface area contributed by atoms with Crippen molar-refractivity contribution in [2.24, 2.45) is 0 Å². The highest BCUT2D eigenvalue weighted by Gasteiger charge is 2.18. The Balaban J connectivity index is 1.76. The van der Waals surface area contributed by atoms with Gasteiger partial charge in [-0.3, -0.25) is 0 Å². The number of rotatable bonds is 5. The van der Waals surface area contributed by atoms with E-state index in [0.29, 0.717) is 16.0 Å². The molecule has 0 saturated carbocycles. The summed E-state index contributed by atoms with van der Waals surface area (Å²) in [6, 6.07) is 5.27. The van der Waals surface area contributed by atoms with Crippen LogP contribution >= 0.6 is 22.7 Å². The van der Waals surface area contributed by atoms with Gasteiger partial charge in [0.2, 0.25) is 5.13 Å². The highest BCUT2D eigenvalue weighted by Crippen LogP contribution is 2.36. The summed E-state index contributed by atoms with van der Waals surface area (Å²) in [6.07, 6.45) is 6.12. The largest absolute Gasteiger partial charge is 0.306 e. The lowest BCUT2D eigenvalue weighted by Gasteiger charge is -2.11. The second-order valence-corrected chi connectivity index (χ2v) is 10.3. The molecule has 0 saturated heterocycles. The Bertz CT molecular complexity index is 1240. The highest BCUT2D eigenvalue weighted by molar-refractivity contribution is 7.90. The average molecular weight is 433 g/mol. The molecule has 144 valence electrons. The molecule has 11 heteroatoms. The normalized spacial score (nSPS) is 11.7. The van der Waals surface area contributed by atoms with Gasteiger partial charge in [-0.25, -0.2) is 18.4 Å². The van der Waals surface area contributed by atoms with Crippen LogP contribution in [0, 0.1) is 13.8 Å². The van der Waals surface area contributed by atoms with Crippen molar-refractivity contribution in [1.29, 1.82) is 0 Å². The maximum atomic E-state index is 12.2. The topological polar surface area (TPSA) is 103 Å². The van der Waals surface area contributed by atoms with Gasteiger partial charge < -0.3 is 9.88 Å². The summed E-state index contributed by atoms with van der Waals surface area (Å²) in [6.45, 7) is 3.81. The van der Waals surface area contributed by atoms with E-state index in [1.54, 1.807) is 35.4 Å². The van der Waals surface area contributed by atoms with Crippen LogP contribution in [-0.4, -0.2) is 39.4 Å². The van der Waals surface area contributed by atoms with Crippen LogP contribution in [-0.2, 0) is 9.84 Å². The van der Waals surface area contributed by atoms with Gasteiger partial charge in [-0.05, 0) is 31.5 Å². The summed E-state index contributed by atoms with van der Waals surface area (Å²) in [5, 5.41) is 13.5. The van der Waals surface area contributed by atoms with Crippen LogP contribution in [0.4, 0.5) is 10.3 Å². The van der Waals surface area contributed by atoms with Crippen molar-refractivity contribution in [2.75, 3.05) is 11.6 Å². The Kier molecular flexibility index (Phi) is 4.73. The molecule has 8 nitrogen and oxygen atoms in total. The second-order valence-electron chi connectivity index (χ2n) is 6.11. The molecule has 3 aromatic heterocycles. The van der Waals surface area contributed by atoms with E-state index >= 15 is 0 Å². The molecule has 0 unspecified atom stereocenters. The third kappa shape index (κ3) is 3.68. The van der Waals surface area contributed by atoms with E-state index in [0.717, 1.165) is 21.1 Å². The van der Waals surface area contributed by atoms with Crippen molar-refractivity contribution in [2.45, 2.75) is 18.7 Å². The van der Waals surface area contributed by atoms with Crippen LogP contribution < -0.4 is 5.32 Å². The molecule has 0 aliphatic heterocycles. The zero-order valence-corrected chi connectivity index (χ0v) is 17.7. The second kappa shape index (κ2) is 7.08. The molecule has 0 radical (unpaired) electrons. The minimum Gasteiger partial charge on any atom is -0.306 e. The fraction of sp³-hybridized carbons (Fsp3) is 0.176. The number of hydrogen-bond acceptors (Lipinski definition) is 9. The zero-order chi connectivity index (χ0) is 19.9. The van der Waals surface area contributed by atoms with Crippen LogP contribution in [0.2, 0.25) is 0 Å². The number of aromatic nitrogens is 5. The standard InChI is InChI=1S/C17H16N6O2S3/c1-10-15(27-16(19-10)20-17-22-21-11(2)26-17)12-4-5-14(28(3,24)25)13(8-12)23-7-6-18-9-23/h4-9H,1-3H3,(H,19,20,22). The maximum absolute atomic E-state index is 12.2. The molecule has 28 heavy (non-hydrogen) atoms. The number of sulfone groups is 1.